The van der Waals surface area contributed by atoms with Crippen molar-refractivity contribution in [2.75, 3.05) is 0 Å². The fourth-order valence-corrected chi connectivity index (χ4v) is 2.59. The monoisotopic (exact) mass is 166 g/mol. The Labute approximate surface area is 77.1 Å². The van der Waals surface area contributed by atoms with Crippen LogP contribution in [-0.4, -0.2) is 0 Å². The van der Waals surface area contributed by atoms with Gasteiger partial charge in [-0.1, -0.05) is 45.6 Å². The van der Waals surface area contributed by atoms with E-state index in [-0.39, 0.29) is 0 Å². The van der Waals surface area contributed by atoms with Crippen molar-refractivity contribution in [2.24, 2.45) is 17.8 Å². The second-order valence-corrected chi connectivity index (χ2v) is 4.48. The highest BCUT2D eigenvalue weighted by atomic mass is 14.3. The van der Waals surface area contributed by atoms with Crippen molar-refractivity contribution in [3.63, 3.8) is 0 Å². The molecule has 1 rings (SSSR count). The summed E-state index contributed by atoms with van der Waals surface area (Å²) < 4.78 is 0. The molecule has 0 aromatic heterocycles. The fourth-order valence-electron chi connectivity index (χ4n) is 2.59. The molecule has 0 N–H and O–H groups in total. The molecule has 0 bridgehead atoms. The van der Waals surface area contributed by atoms with Crippen LogP contribution >= 0.6 is 0 Å². The van der Waals surface area contributed by atoms with Crippen LogP contribution in [0.5, 0.6) is 0 Å². The van der Waals surface area contributed by atoms with Crippen LogP contribution in [0, 0.1) is 17.8 Å². The van der Waals surface area contributed by atoms with Gasteiger partial charge >= 0.3 is 0 Å². The van der Waals surface area contributed by atoms with E-state index in [9.17, 15) is 0 Å². The van der Waals surface area contributed by atoms with E-state index >= 15 is 0 Å². The molecule has 1 aliphatic carbocycles. The Bertz CT molecular complexity index is 129. The molecule has 1 aliphatic rings. The molecule has 70 valence electrons. The largest absolute Gasteiger partial charge is 0.103 e. The van der Waals surface area contributed by atoms with E-state index in [0.29, 0.717) is 0 Å². The van der Waals surface area contributed by atoms with E-state index in [4.69, 9.17) is 0 Å². The standard InChI is InChI=1S/C12H22/c1-4-7-12(10(2)3)11-8-5-6-9-11/h4,10-12H,1,5-9H2,2-3H3. The number of hydrogen-bond donors (Lipinski definition) is 0. The van der Waals surface area contributed by atoms with Crippen molar-refractivity contribution in [1.29, 1.82) is 0 Å². The number of rotatable bonds is 4. The van der Waals surface area contributed by atoms with Crippen LogP contribution in [0.15, 0.2) is 12.7 Å². The van der Waals surface area contributed by atoms with Crippen molar-refractivity contribution in [1.82, 2.24) is 0 Å². The number of hydrogen-bond acceptors (Lipinski definition) is 0. The topological polar surface area (TPSA) is 0 Å². The van der Waals surface area contributed by atoms with E-state index in [1.807, 2.05) is 0 Å². The second-order valence-electron chi connectivity index (χ2n) is 4.48. The molecule has 0 saturated heterocycles. The van der Waals surface area contributed by atoms with Crippen LogP contribution in [0.3, 0.4) is 0 Å². The minimum absolute atomic E-state index is 0.839. The van der Waals surface area contributed by atoms with Crippen LogP contribution < -0.4 is 0 Å². The summed E-state index contributed by atoms with van der Waals surface area (Å²) in [5.74, 6) is 2.75. The second kappa shape index (κ2) is 4.69. The average Bonchev–Trinajstić information content (AvgIpc) is 2.51. The molecular weight excluding hydrogens is 144 g/mol. The number of allylic oxidation sites excluding steroid dienone is 1. The fraction of sp³-hybridized carbons (Fsp3) is 0.833. The normalized spacial score (nSPS) is 21.6. The summed E-state index contributed by atoms with van der Waals surface area (Å²) in [4.78, 5) is 0. The highest BCUT2D eigenvalue weighted by molar-refractivity contribution is 4.82. The Balaban J connectivity index is 2.45. The maximum atomic E-state index is 3.85. The molecule has 1 unspecified atom stereocenters. The molecule has 0 radical (unpaired) electrons. The predicted octanol–water partition coefficient (Wildman–Crippen LogP) is 4.02. The van der Waals surface area contributed by atoms with Crippen molar-refractivity contribution >= 4 is 0 Å². The van der Waals surface area contributed by atoms with Gasteiger partial charge in [0.05, 0.1) is 0 Å². The maximum absolute atomic E-state index is 3.85. The van der Waals surface area contributed by atoms with Gasteiger partial charge in [-0.3, -0.25) is 0 Å². The lowest BCUT2D eigenvalue weighted by Crippen LogP contribution is -2.17. The first kappa shape index (κ1) is 9.83. The third-order valence-corrected chi connectivity index (χ3v) is 3.30. The molecule has 0 aliphatic heterocycles. The Morgan fingerprint density at radius 3 is 2.33 bits per heavy atom. The van der Waals surface area contributed by atoms with E-state index in [1.54, 1.807) is 0 Å². The summed E-state index contributed by atoms with van der Waals surface area (Å²) in [5, 5.41) is 0. The molecular formula is C12H22. The predicted molar refractivity (Wildman–Crippen MR) is 55.1 cm³/mol. The summed E-state index contributed by atoms with van der Waals surface area (Å²) in [5.41, 5.74) is 0. The lowest BCUT2D eigenvalue weighted by molar-refractivity contribution is 0.259. The zero-order valence-electron chi connectivity index (χ0n) is 8.55. The molecule has 12 heavy (non-hydrogen) atoms. The van der Waals surface area contributed by atoms with Gasteiger partial charge in [0.15, 0.2) is 0 Å². The average molecular weight is 166 g/mol. The van der Waals surface area contributed by atoms with Gasteiger partial charge in [0, 0.05) is 0 Å². The van der Waals surface area contributed by atoms with Crippen LogP contribution in [0.1, 0.15) is 46.0 Å². The van der Waals surface area contributed by atoms with Gasteiger partial charge in [0.25, 0.3) is 0 Å². The summed E-state index contributed by atoms with van der Waals surface area (Å²) in [7, 11) is 0. The third-order valence-electron chi connectivity index (χ3n) is 3.30. The molecule has 0 spiro atoms. The lowest BCUT2D eigenvalue weighted by atomic mass is 9.80. The quantitative estimate of drug-likeness (QED) is 0.553. The summed E-state index contributed by atoms with van der Waals surface area (Å²) in [6, 6.07) is 0. The first-order chi connectivity index (χ1) is 5.75. The Morgan fingerprint density at radius 2 is 1.92 bits per heavy atom. The van der Waals surface area contributed by atoms with Crippen molar-refractivity contribution in [3.05, 3.63) is 12.7 Å². The van der Waals surface area contributed by atoms with Crippen molar-refractivity contribution < 1.29 is 0 Å². The zero-order valence-corrected chi connectivity index (χ0v) is 8.55. The van der Waals surface area contributed by atoms with Gasteiger partial charge in [-0.05, 0) is 24.2 Å². The molecule has 0 amide bonds. The Kier molecular flexibility index (Phi) is 3.84. The zero-order chi connectivity index (χ0) is 8.97. The summed E-state index contributed by atoms with van der Waals surface area (Å²) in [6.07, 6.45) is 9.19. The van der Waals surface area contributed by atoms with Crippen molar-refractivity contribution in [3.8, 4) is 0 Å². The summed E-state index contributed by atoms with van der Waals surface area (Å²) in [6.45, 7) is 8.56. The molecule has 1 atom stereocenters. The molecule has 0 aromatic rings. The summed E-state index contributed by atoms with van der Waals surface area (Å²) >= 11 is 0. The molecule has 0 aromatic carbocycles. The smallest absolute Gasteiger partial charge is 0.0320 e. The lowest BCUT2D eigenvalue weighted by Gasteiger charge is -2.25. The molecule has 0 heterocycles. The molecule has 1 fully saturated rings. The molecule has 0 heteroatoms. The Morgan fingerprint density at radius 1 is 1.33 bits per heavy atom. The van der Waals surface area contributed by atoms with Gasteiger partial charge in [0.2, 0.25) is 0 Å². The van der Waals surface area contributed by atoms with E-state index in [0.717, 1.165) is 17.8 Å². The van der Waals surface area contributed by atoms with Crippen LogP contribution in [0.4, 0.5) is 0 Å². The van der Waals surface area contributed by atoms with Gasteiger partial charge in [-0.25, -0.2) is 0 Å². The first-order valence-corrected chi connectivity index (χ1v) is 5.36. The minimum Gasteiger partial charge on any atom is -0.103 e. The van der Waals surface area contributed by atoms with Gasteiger partial charge in [-0.15, -0.1) is 6.58 Å². The van der Waals surface area contributed by atoms with Gasteiger partial charge < -0.3 is 0 Å². The van der Waals surface area contributed by atoms with Crippen LogP contribution in [-0.2, 0) is 0 Å². The van der Waals surface area contributed by atoms with Gasteiger partial charge in [0.1, 0.15) is 0 Å². The minimum atomic E-state index is 0.839. The molecule has 0 nitrogen and oxygen atoms in total. The maximum Gasteiger partial charge on any atom is -0.0320 e. The first-order valence-electron chi connectivity index (χ1n) is 5.36. The SMILES string of the molecule is C=CCC(C(C)C)C1CCCC1. The third kappa shape index (κ3) is 2.36. The highest BCUT2D eigenvalue weighted by Crippen LogP contribution is 2.37. The molecule has 1 saturated carbocycles. The van der Waals surface area contributed by atoms with E-state index in [2.05, 4.69) is 26.5 Å². The van der Waals surface area contributed by atoms with E-state index < -0.39 is 0 Å². The van der Waals surface area contributed by atoms with Crippen LogP contribution in [0.2, 0.25) is 0 Å². The van der Waals surface area contributed by atoms with Crippen LogP contribution in [0.25, 0.3) is 0 Å². The van der Waals surface area contributed by atoms with Crippen molar-refractivity contribution in [2.45, 2.75) is 46.0 Å². The van der Waals surface area contributed by atoms with E-state index in [1.165, 1.54) is 32.1 Å². The van der Waals surface area contributed by atoms with Gasteiger partial charge in [-0.2, -0.15) is 0 Å². The Hall–Kier alpha value is -0.260. The highest BCUT2D eigenvalue weighted by Gasteiger charge is 2.25.